The van der Waals surface area contributed by atoms with Crippen molar-refractivity contribution in [3.05, 3.63) is 60.5 Å². The van der Waals surface area contributed by atoms with Crippen LogP contribution in [0.5, 0.6) is 5.75 Å². The van der Waals surface area contributed by atoms with Crippen molar-refractivity contribution < 1.29 is 28.5 Å². The Morgan fingerprint density at radius 1 is 1.00 bits per heavy atom. The molecule has 0 spiro atoms. The summed E-state index contributed by atoms with van der Waals surface area (Å²) in [6, 6.07) is 13.8. The lowest BCUT2D eigenvalue weighted by molar-refractivity contribution is 0.0636. The number of benzene rings is 2. The minimum absolute atomic E-state index is 0.0270. The summed E-state index contributed by atoms with van der Waals surface area (Å²) in [5.41, 5.74) is 1.04. The van der Waals surface area contributed by atoms with Gasteiger partial charge in [-0.25, -0.2) is 14.2 Å². The molecule has 3 aromatic rings. The van der Waals surface area contributed by atoms with E-state index in [0.29, 0.717) is 36.0 Å². The summed E-state index contributed by atoms with van der Waals surface area (Å²) >= 11 is 0. The molecule has 1 aromatic heterocycles. The summed E-state index contributed by atoms with van der Waals surface area (Å²) in [4.78, 5) is 20.2. The first kappa shape index (κ1) is 26.6. The lowest BCUT2D eigenvalue weighted by Gasteiger charge is -2.19. The van der Waals surface area contributed by atoms with Crippen molar-refractivity contribution in [2.24, 2.45) is 0 Å². The molecule has 0 atom stereocenters. The Labute approximate surface area is 208 Å². The molecule has 0 saturated heterocycles. The smallest absolute Gasteiger partial charge is 0.412 e. The summed E-state index contributed by atoms with van der Waals surface area (Å²) in [5.74, 6) is 0.159. The van der Waals surface area contributed by atoms with Crippen LogP contribution < -0.4 is 20.7 Å². The Morgan fingerprint density at radius 2 is 1.75 bits per heavy atom. The molecule has 1 heterocycles. The zero-order valence-electron chi connectivity index (χ0n) is 20.4. The number of aliphatic hydroxyl groups excluding tert-OH is 1. The van der Waals surface area contributed by atoms with E-state index in [1.165, 1.54) is 0 Å². The van der Waals surface area contributed by atoms with Gasteiger partial charge in [-0.2, -0.15) is 4.98 Å². The molecule has 0 aliphatic heterocycles. The number of amides is 1. The first-order valence-electron chi connectivity index (χ1n) is 11.3. The molecule has 192 valence electrons. The molecule has 36 heavy (non-hydrogen) atoms. The first-order valence-corrected chi connectivity index (χ1v) is 11.3. The third-order valence-electron chi connectivity index (χ3n) is 4.36. The number of aromatic nitrogens is 2. The van der Waals surface area contributed by atoms with Gasteiger partial charge in [-0.05, 0) is 63.2 Å². The SMILES string of the molecule is CC(C)(C)OC(=O)Nc1cccc(Nc2nc(Nc3ccc(OCCOCCO)cc3)ncc2F)c1. The van der Waals surface area contributed by atoms with Crippen LogP contribution in [-0.4, -0.2) is 53.2 Å². The van der Waals surface area contributed by atoms with E-state index in [4.69, 9.17) is 19.3 Å². The molecule has 0 saturated carbocycles. The number of ether oxygens (including phenoxy) is 3. The van der Waals surface area contributed by atoms with Crippen LogP contribution in [0.3, 0.4) is 0 Å². The third kappa shape index (κ3) is 9.01. The van der Waals surface area contributed by atoms with Gasteiger partial charge >= 0.3 is 6.09 Å². The molecule has 0 radical (unpaired) electrons. The van der Waals surface area contributed by atoms with Gasteiger partial charge in [-0.15, -0.1) is 0 Å². The molecule has 10 nitrogen and oxygen atoms in total. The number of halogens is 1. The van der Waals surface area contributed by atoms with Gasteiger partial charge in [-0.1, -0.05) is 6.07 Å². The van der Waals surface area contributed by atoms with Crippen LogP contribution in [0.1, 0.15) is 20.8 Å². The molecular weight excluding hydrogens is 469 g/mol. The van der Waals surface area contributed by atoms with E-state index in [2.05, 4.69) is 25.9 Å². The van der Waals surface area contributed by atoms with Gasteiger partial charge in [0.2, 0.25) is 5.95 Å². The zero-order chi connectivity index (χ0) is 26.0. The molecule has 2 aromatic carbocycles. The largest absolute Gasteiger partial charge is 0.491 e. The van der Waals surface area contributed by atoms with Gasteiger partial charge in [-0.3, -0.25) is 5.32 Å². The number of anilines is 5. The summed E-state index contributed by atoms with van der Waals surface area (Å²) in [6.45, 7) is 6.30. The van der Waals surface area contributed by atoms with Gasteiger partial charge in [0.25, 0.3) is 0 Å². The number of hydrogen-bond donors (Lipinski definition) is 4. The predicted molar refractivity (Wildman–Crippen MR) is 135 cm³/mol. The third-order valence-corrected chi connectivity index (χ3v) is 4.36. The van der Waals surface area contributed by atoms with E-state index < -0.39 is 17.5 Å². The van der Waals surface area contributed by atoms with Gasteiger partial charge in [0.1, 0.15) is 18.0 Å². The molecule has 0 fully saturated rings. The molecule has 0 aliphatic rings. The molecule has 0 unspecified atom stereocenters. The van der Waals surface area contributed by atoms with Crippen LogP contribution in [0.25, 0.3) is 0 Å². The lowest BCUT2D eigenvalue weighted by atomic mass is 10.2. The molecule has 11 heteroatoms. The number of rotatable bonds is 11. The maximum absolute atomic E-state index is 14.4. The Kier molecular flexibility index (Phi) is 9.37. The maximum atomic E-state index is 14.4. The second-order valence-electron chi connectivity index (χ2n) is 8.56. The predicted octanol–water partition coefficient (Wildman–Crippen LogP) is 4.84. The fourth-order valence-corrected chi connectivity index (χ4v) is 2.90. The van der Waals surface area contributed by atoms with Crippen molar-refractivity contribution in [3.63, 3.8) is 0 Å². The van der Waals surface area contributed by atoms with Crippen LogP contribution in [0.15, 0.2) is 54.7 Å². The normalized spacial score (nSPS) is 11.0. The summed E-state index contributed by atoms with van der Waals surface area (Å²) in [6.07, 6.45) is 0.468. The van der Waals surface area contributed by atoms with Crippen LogP contribution in [0.4, 0.5) is 38.0 Å². The molecule has 1 amide bonds. The second-order valence-corrected chi connectivity index (χ2v) is 8.56. The number of aliphatic hydroxyl groups is 1. The highest BCUT2D eigenvalue weighted by molar-refractivity contribution is 5.85. The number of hydrogen-bond acceptors (Lipinski definition) is 9. The fraction of sp³-hybridized carbons (Fsp3) is 0.320. The van der Waals surface area contributed by atoms with E-state index in [1.807, 2.05) is 0 Å². The van der Waals surface area contributed by atoms with Gasteiger partial charge in [0, 0.05) is 17.1 Å². The van der Waals surface area contributed by atoms with Gasteiger partial charge in [0.15, 0.2) is 11.6 Å². The maximum Gasteiger partial charge on any atom is 0.412 e. The summed E-state index contributed by atoms with van der Waals surface area (Å²) in [5, 5.41) is 17.2. The average molecular weight is 500 g/mol. The second kappa shape index (κ2) is 12.7. The van der Waals surface area contributed by atoms with Crippen molar-refractivity contribution in [3.8, 4) is 5.75 Å². The van der Waals surface area contributed by atoms with Crippen LogP contribution >= 0.6 is 0 Å². The van der Waals surface area contributed by atoms with Crippen molar-refractivity contribution in [1.29, 1.82) is 0 Å². The fourth-order valence-electron chi connectivity index (χ4n) is 2.90. The van der Waals surface area contributed by atoms with E-state index >= 15 is 0 Å². The zero-order valence-corrected chi connectivity index (χ0v) is 20.4. The van der Waals surface area contributed by atoms with Gasteiger partial charge in [0.05, 0.1) is 26.0 Å². The summed E-state index contributed by atoms with van der Waals surface area (Å²) in [7, 11) is 0. The highest BCUT2D eigenvalue weighted by Crippen LogP contribution is 2.24. The van der Waals surface area contributed by atoms with Crippen LogP contribution in [0, 0.1) is 5.82 Å². The summed E-state index contributed by atoms with van der Waals surface area (Å²) < 4.78 is 30.3. The molecular formula is C25H30FN5O5. The number of carbonyl (C=O) groups excluding carboxylic acids is 1. The quantitative estimate of drug-likeness (QED) is 0.274. The van der Waals surface area contributed by atoms with Crippen molar-refractivity contribution in [2.45, 2.75) is 26.4 Å². The lowest BCUT2D eigenvalue weighted by Crippen LogP contribution is -2.27. The van der Waals surface area contributed by atoms with Crippen LogP contribution in [-0.2, 0) is 9.47 Å². The molecule has 4 N–H and O–H groups in total. The minimum atomic E-state index is -0.641. The Bertz CT molecular complexity index is 1140. The number of carbonyl (C=O) groups is 1. The number of nitrogens with zero attached hydrogens (tertiary/aromatic N) is 2. The Morgan fingerprint density at radius 3 is 2.47 bits per heavy atom. The van der Waals surface area contributed by atoms with Crippen molar-refractivity contribution in [1.82, 2.24) is 9.97 Å². The number of nitrogens with one attached hydrogen (secondary N) is 3. The highest BCUT2D eigenvalue weighted by Gasteiger charge is 2.16. The topological polar surface area (TPSA) is 127 Å². The Hall–Kier alpha value is -3.96. The minimum Gasteiger partial charge on any atom is -0.491 e. The van der Waals surface area contributed by atoms with Gasteiger partial charge < -0.3 is 30.0 Å². The molecule has 0 aliphatic carbocycles. The van der Waals surface area contributed by atoms with Crippen LogP contribution in [0.2, 0.25) is 0 Å². The Balaban J connectivity index is 1.60. The van der Waals surface area contributed by atoms with E-state index in [1.54, 1.807) is 69.3 Å². The average Bonchev–Trinajstić information content (AvgIpc) is 2.81. The first-order chi connectivity index (χ1) is 17.2. The molecule has 0 bridgehead atoms. The highest BCUT2D eigenvalue weighted by atomic mass is 19.1. The van der Waals surface area contributed by atoms with E-state index in [9.17, 15) is 9.18 Å². The van der Waals surface area contributed by atoms with E-state index in [0.717, 1.165) is 6.20 Å². The van der Waals surface area contributed by atoms with E-state index in [-0.39, 0.29) is 25.0 Å². The standard InChI is InChI=1S/C25H30FN5O5/c1-25(2,3)36-24(33)30-19-6-4-5-18(15-19)28-22-21(26)16-27-23(31-22)29-17-7-9-20(10-8-17)35-14-13-34-12-11-32/h4-10,15-16,32H,11-14H2,1-3H3,(H,30,33)(H2,27,28,29,31). The molecule has 3 rings (SSSR count). The van der Waals surface area contributed by atoms with Crippen molar-refractivity contribution >= 4 is 34.9 Å². The van der Waals surface area contributed by atoms with Crippen molar-refractivity contribution in [2.75, 3.05) is 42.4 Å². The monoisotopic (exact) mass is 499 g/mol.